The lowest BCUT2D eigenvalue weighted by atomic mass is 10.2. The summed E-state index contributed by atoms with van der Waals surface area (Å²) in [5, 5.41) is 8.46. The number of carbonyl (C=O) groups excluding carboxylic acids is 1. The van der Waals surface area contributed by atoms with Crippen molar-refractivity contribution in [3.05, 3.63) is 29.8 Å². The Bertz CT molecular complexity index is 484. The van der Waals surface area contributed by atoms with E-state index in [1.807, 2.05) is 36.9 Å². The molecule has 5 heteroatoms. The molecule has 4 nitrogen and oxygen atoms in total. The van der Waals surface area contributed by atoms with Gasteiger partial charge >= 0.3 is 5.97 Å². The third-order valence-corrected chi connectivity index (χ3v) is 4.21. The molecule has 0 bridgehead atoms. The Morgan fingerprint density at radius 3 is 2.29 bits per heavy atom. The normalized spacial score (nSPS) is 12.0. The second-order valence-corrected chi connectivity index (χ2v) is 6.27. The molecule has 0 heterocycles. The fourth-order valence-electron chi connectivity index (χ4n) is 2.01. The van der Waals surface area contributed by atoms with Gasteiger partial charge in [0.05, 0.1) is 5.56 Å². The van der Waals surface area contributed by atoms with Crippen LogP contribution >= 0.6 is 11.8 Å². The van der Waals surface area contributed by atoms with Gasteiger partial charge in [0.2, 0.25) is 0 Å². The van der Waals surface area contributed by atoms with Crippen molar-refractivity contribution < 1.29 is 14.7 Å². The number of carboxylic acids is 1. The molecule has 0 aliphatic rings. The highest BCUT2D eigenvalue weighted by atomic mass is 32.2. The summed E-state index contributed by atoms with van der Waals surface area (Å²) in [6, 6.07) is 7.24. The SMILES string of the molecule is CCCN(CCC)C(=O)c1ccccc1SC(C)C(=O)O. The van der Waals surface area contributed by atoms with Gasteiger partial charge in [-0.2, -0.15) is 0 Å². The predicted octanol–water partition coefficient (Wildman–Crippen LogP) is 3.51. The summed E-state index contributed by atoms with van der Waals surface area (Å²) < 4.78 is 0. The van der Waals surface area contributed by atoms with E-state index in [9.17, 15) is 9.59 Å². The van der Waals surface area contributed by atoms with Crippen LogP contribution in [0.1, 0.15) is 44.0 Å². The molecule has 1 unspecified atom stereocenters. The number of hydrogen-bond donors (Lipinski definition) is 1. The first-order chi connectivity index (χ1) is 10.0. The Kier molecular flexibility index (Phi) is 7.29. The van der Waals surface area contributed by atoms with Gasteiger partial charge in [-0.1, -0.05) is 26.0 Å². The minimum atomic E-state index is -0.874. The number of rotatable bonds is 8. The molecule has 0 aromatic heterocycles. The van der Waals surface area contributed by atoms with Gasteiger partial charge in [0.15, 0.2) is 0 Å². The van der Waals surface area contributed by atoms with Gasteiger partial charge in [0.1, 0.15) is 5.25 Å². The van der Waals surface area contributed by atoms with E-state index in [-0.39, 0.29) is 5.91 Å². The molecule has 0 aliphatic carbocycles. The lowest BCUT2D eigenvalue weighted by molar-refractivity contribution is -0.136. The molecule has 21 heavy (non-hydrogen) atoms. The number of aliphatic carboxylic acids is 1. The number of nitrogens with zero attached hydrogens (tertiary/aromatic N) is 1. The van der Waals surface area contributed by atoms with E-state index in [1.54, 1.807) is 13.0 Å². The zero-order chi connectivity index (χ0) is 15.8. The molecule has 1 rings (SSSR count). The molecule has 0 saturated carbocycles. The molecule has 1 amide bonds. The summed E-state index contributed by atoms with van der Waals surface area (Å²) in [7, 11) is 0. The lowest BCUT2D eigenvalue weighted by Gasteiger charge is -2.23. The number of amides is 1. The fraction of sp³-hybridized carbons (Fsp3) is 0.500. The van der Waals surface area contributed by atoms with Crippen LogP contribution in [0, 0.1) is 0 Å². The highest BCUT2D eigenvalue weighted by molar-refractivity contribution is 8.00. The van der Waals surface area contributed by atoms with E-state index in [1.165, 1.54) is 11.8 Å². The van der Waals surface area contributed by atoms with Gasteiger partial charge < -0.3 is 10.0 Å². The van der Waals surface area contributed by atoms with Crippen LogP contribution < -0.4 is 0 Å². The average Bonchev–Trinajstić information content (AvgIpc) is 2.46. The molecular weight excluding hydrogens is 286 g/mol. The van der Waals surface area contributed by atoms with Crippen molar-refractivity contribution in [2.45, 2.75) is 43.8 Å². The zero-order valence-electron chi connectivity index (χ0n) is 12.8. The standard InChI is InChI=1S/C16H23NO3S/c1-4-10-17(11-5-2)15(18)13-8-6-7-9-14(13)21-12(3)16(19)20/h6-9,12H,4-5,10-11H2,1-3H3,(H,19,20). The molecule has 116 valence electrons. The smallest absolute Gasteiger partial charge is 0.316 e. The first-order valence-electron chi connectivity index (χ1n) is 7.29. The first kappa shape index (κ1) is 17.6. The molecule has 1 atom stereocenters. The van der Waals surface area contributed by atoms with E-state index in [4.69, 9.17) is 5.11 Å². The van der Waals surface area contributed by atoms with Gasteiger partial charge in [0, 0.05) is 18.0 Å². The Morgan fingerprint density at radius 1 is 1.19 bits per heavy atom. The Labute approximate surface area is 130 Å². The molecule has 1 aromatic rings. The van der Waals surface area contributed by atoms with E-state index >= 15 is 0 Å². The Morgan fingerprint density at radius 2 is 1.76 bits per heavy atom. The highest BCUT2D eigenvalue weighted by Crippen LogP contribution is 2.28. The predicted molar refractivity (Wildman–Crippen MR) is 85.9 cm³/mol. The van der Waals surface area contributed by atoms with Crippen molar-refractivity contribution in [2.75, 3.05) is 13.1 Å². The van der Waals surface area contributed by atoms with E-state index in [2.05, 4.69) is 0 Å². The molecule has 0 radical (unpaired) electrons. The summed E-state index contributed by atoms with van der Waals surface area (Å²) in [4.78, 5) is 26.2. The third kappa shape index (κ3) is 5.08. The van der Waals surface area contributed by atoms with Crippen LogP contribution in [0.2, 0.25) is 0 Å². The molecule has 0 aliphatic heterocycles. The largest absolute Gasteiger partial charge is 0.480 e. The summed E-state index contributed by atoms with van der Waals surface area (Å²) in [5.41, 5.74) is 0.595. The van der Waals surface area contributed by atoms with E-state index in [0.717, 1.165) is 30.8 Å². The minimum Gasteiger partial charge on any atom is -0.480 e. The second-order valence-electron chi connectivity index (χ2n) is 4.89. The van der Waals surface area contributed by atoms with Crippen LogP contribution in [0.15, 0.2) is 29.2 Å². The quantitative estimate of drug-likeness (QED) is 0.747. The van der Waals surface area contributed by atoms with Crippen LogP contribution in [0.5, 0.6) is 0 Å². The Hall–Kier alpha value is -1.49. The van der Waals surface area contributed by atoms with Gasteiger partial charge in [-0.05, 0) is 31.9 Å². The average molecular weight is 309 g/mol. The molecule has 0 saturated heterocycles. The lowest BCUT2D eigenvalue weighted by Crippen LogP contribution is -2.32. The summed E-state index contributed by atoms with van der Waals surface area (Å²) in [5.74, 6) is -0.888. The summed E-state index contributed by atoms with van der Waals surface area (Å²) in [6.07, 6.45) is 1.82. The maximum Gasteiger partial charge on any atom is 0.316 e. The van der Waals surface area contributed by atoms with E-state index in [0.29, 0.717) is 5.56 Å². The number of hydrogen-bond acceptors (Lipinski definition) is 3. The number of carboxylic acid groups (broad SMARTS) is 1. The summed E-state index contributed by atoms with van der Waals surface area (Å²) in [6.45, 7) is 7.16. The van der Waals surface area contributed by atoms with Crippen LogP contribution in [0.25, 0.3) is 0 Å². The zero-order valence-corrected chi connectivity index (χ0v) is 13.7. The Balaban J connectivity index is 3.00. The molecular formula is C16H23NO3S. The first-order valence-corrected chi connectivity index (χ1v) is 8.16. The number of carbonyl (C=O) groups is 2. The van der Waals surface area contributed by atoms with Crippen molar-refractivity contribution in [1.29, 1.82) is 0 Å². The van der Waals surface area contributed by atoms with Gasteiger partial charge in [-0.15, -0.1) is 11.8 Å². The van der Waals surface area contributed by atoms with Crippen molar-refractivity contribution in [1.82, 2.24) is 4.90 Å². The van der Waals surface area contributed by atoms with Crippen molar-refractivity contribution in [3.63, 3.8) is 0 Å². The van der Waals surface area contributed by atoms with Gasteiger partial charge in [0.25, 0.3) is 5.91 Å². The maximum atomic E-state index is 12.7. The van der Waals surface area contributed by atoms with Crippen LogP contribution in [-0.4, -0.2) is 40.2 Å². The van der Waals surface area contributed by atoms with E-state index < -0.39 is 11.2 Å². The highest BCUT2D eigenvalue weighted by Gasteiger charge is 2.20. The second kappa shape index (κ2) is 8.72. The van der Waals surface area contributed by atoms with Crippen LogP contribution in [-0.2, 0) is 4.79 Å². The van der Waals surface area contributed by atoms with Crippen molar-refractivity contribution in [2.24, 2.45) is 0 Å². The van der Waals surface area contributed by atoms with Crippen LogP contribution in [0.3, 0.4) is 0 Å². The third-order valence-electron chi connectivity index (χ3n) is 3.04. The van der Waals surface area contributed by atoms with Crippen molar-refractivity contribution >= 4 is 23.6 Å². The maximum absolute atomic E-state index is 12.7. The van der Waals surface area contributed by atoms with Gasteiger partial charge in [-0.3, -0.25) is 9.59 Å². The summed E-state index contributed by atoms with van der Waals surface area (Å²) >= 11 is 1.21. The minimum absolute atomic E-state index is 0.0145. The fourth-order valence-corrected chi connectivity index (χ4v) is 2.93. The molecule has 1 aromatic carbocycles. The number of benzene rings is 1. The van der Waals surface area contributed by atoms with Gasteiger partial charge in [-0.25, -0.2) is 0 Å². The monoisotopic (exact) mass is 309 g/mol. The molecule has 0 fully saturated rings. The topological polar surface area (TPSA) is 57.6 Å². The van der Waals surface area contributed by atoms with Crippen molar-refractivity contribution in [3.8, 4) is 0 Å². The molecule has 1 N–H and O–H groups in total. The van der Waals surface area contributed by atoms with Crippen LogP contribution in [0.4, 0.5) is 0 Å². The number of thioether (sulfide) groups is 1. The molecule has 0 spiro atoms.